The number of likely N-dealkylation sites (tertiary alicyclic amines) is 1. The molecule has 1 aromatic rings. The summed E-state index contributed by atoms with van der Waals surface area (Å²) in [4.78, 5) is 2.67. The van der Waals surface area contributed by atoms with Crippen LogP contribution in [0.5, 0.6) is 0 Å². The number of nitrogens with zero attached hydrogens (tertiary/aromatic N) is 3. The van der Waals surface area contributed by atoms with Gasteiger partial charge in [-0.3, -0.25) is 9.58 Å². The number of piperidine rings is 1. The topological polar surface area (TPSA) is 33.1 Å². The molecule has 1 aliphatic heterocycles. The molecule has 1 N–H and O–H groups in total. The zero-order chi connectivity index (χ0) is 12.7. The van der Waals surface area contributed by atoms with Crippen LogP contribution in [0.25, 0.3) is 0 Å². The predicted molar refractivity (Wildman–Crippen MR) is 73.6 cm³/mol. The molecule has 1 saturated carbocycles. The first-order chi connectivity index (χ1) is 8.69. The van der Waals surface area contributed by atoms with Gasteiger partial charge in [0.05, 0.1) is 5.69 Å². The van der Waals surface area contributed by atoms with Gasteiger partial charge in [-0.25, -0.2) is 0 Å². The van der Waals surface area contributed by atoms with Crippen molar-refractivity contribution in [2.45, 2.75) is 45.7 Å². The molecule has 1 saturated heterocycles. The molecule has 2 atom stereocenters. The number of aryl methyl sites for hydroxylation is 2. The molecular formula is C14H24N4. The zero-order valence-electron chi connectivity index (χ0n) is 11.7. The molecule has 4 nitrogen and oxygen atoms in total. The standard InChI is InChI=1S/C14H24N4/c1-4-15-14-13(10(2)16-17(14)3)9-18-8-11-5-6-12(18)7-11/h11-12,15H,4-9H2,1-3H3. The Balaban J connectivity index is 1.79. The molecule has 2 heterocycles. The second kappa shape index (κ2) is 4.57. The maximum Gasteiger partial charge on any atom is 0.128 e. The average molecular weight is 248 g/mol. The summed E-state index contributed by atoms with van der Waals surface area (Å²) in [6, 6.07) is 0.837. The van der Waals surface area contributed by atoms with Gasteiger partial charge in [0, 0.05) is 38.3 Å². The van der Waals surface area contributed by atoms with Gasteiger partial charge in [0.25, 0.3) is 0 Å². The average Bonchev–Trinajstić information content (AvgIpc) is 3.00. The quantitative estimate of drug-likeness (QED) is 0.886. The van der Waals surface area contributed by atoms with Crippen molar-refractivity contribution in [1.82, 2.24) is 14.7 Å². The summed E-state index contributed by atoms with van der Waals surface area (Å²) in [5.74, 6) is 2.17. The minimum Gasteiger partial charge on any atom is -0.370 e. The number of anilines is 1. The van der Waals surface area contributed by atoms with Crippen LogP contribution in [0.4, 0.5) is 5.82 Å². The molecule has 2 aliphatic rings. The number of fused-ring (bicyclic) bond motifs is 2. The highest BCUT2D eigenvalue weighted by molar-refractivity contribution is 5.47. The van der Waals surface area contributed by atoms with Crippen LogP contribution in [0.2, 0.25) is 0 Å². The Morgan fingerprint density at radius 1 is 1.39 bits per heavy atom. The van der Waals surface area contributed by atoms with Gasteiger partial charge < -0.3 is 5.32 Å². The maximum absolute atomic E-state index is 4.56. The minimum atomic E-state index is 0.837. The van der Waals surface area contributed by atoms with Crippen LogP contribution in [-0.4, -0.2) is 33.8 Å². The van der Waals surface area contributed by atoms with Crippen molar-refractivity contribution < 1.29 is 0 Å². The van der Waals surface area contributed by atoms with E-state index in [0.717, 1.165) is 25.0 Å². The fraction of sp³-hybridized carbons (Fsp3) is 0.786. The van der Waals surface area contributed by atoms with Crippen molar-refractivity contribution in [3.8, 4) is 0 Å². The zero-order valence-corrected chi connectivity index (χ0v) is 11.7. The SMILES string of the molecule is CCNc1c(CN2CC3CCC2C3)c(C)nn1C. The Labute approximate surface area is 109 Å². The highest BCUT2D eigenvalue weighted by atomic mass is 15.3. The van der Waals surface area contributed by atoms with Crippen molar-refractivity contribution in [3.05, 3.63) is 11.3 Å². The normalized spacial score (nSPS) is 27.1. The minimum absolute atomic E-state index is 0.837. The summed E-state index contributed by atoms with van der Waals surface area (Å²) in [6.45, 7) is 7.60. The van der Waals surface area contributed by atoms with E-state index in [-0.39, 0.29) is 0 Å². The molecule has 4 heteroatoms. The molecule has 0 spiro atoms. The molecule has 2 bridgehead atoms. The number of rotatable bonds is 4. The number of nitrogens with one attached hydrogen (secondary N) is 1. The van der Waals surface area contributed by atoms with E-state index in [1.165, 1.54) is 42.9 Å². The van der Waals surface area contributed by atoms with E-state index < -0.39 is 0 Å². The van der Waals surface area contributed by atoms with E-state index in [1.54, 1.807) is 0 Å². The van der Waals surface area contributed by atoms with Crippen molar-refractivity contribution in [1.29, 1.82) is 0 Å². The van der Waals surface area contributed by atoms with Gasteiger partial charge in [-0.15, -0.1) is 0 Å². The summed E-state index contributed by atoms with van der Waals surface area (Å²) >= 11 is 0. The van der Waals surface area contributed by atoms with Crippen LogP contribution in [0.1, 0.15) is 37.4 Å². The van der Waals surface area contributed by atoms with Crippen LogP contribution in [0, 0.1) is 12.8 Å². The lowest BCUT2D eigenvalue weighted by Crippen LogP contribution is -2.31. The van der Waals surface area contributed by atoms with E-state index in [0.29, 0.717) is 0 Å². The molecule has 18 heavy (non-hydrogen) atoms. The predicted octanol–water partition coefficient (Wildman–Crippen LogP) is 2.14. The molecule has 2 fully saturated rings. The van der Waals surface area contributed by atoms with Crippen molar-refractivity contribution in [3.63, 3.8) is 0 Å². The second-order valence-corrected chi connectivity index (χ2v) is 5.83. The molecular weight excluding hydrogens is 224 g/mol. The van der Waals surface area contributed by atoms with Gasteiger partial charge in [-0.2, -0.15) is 5.10 Å². The van der Waals surface area contributed by atoms with Crippen molar-refractivity contribution >= 4 is 5.82 Å². The Morgan fingerprint density at radius 2 is 2.22 bits per heavy atom. The third-order valence-corrected chi connectivity index (χ3v) is 4.57. The van der Waals surface area contributed by atoms with Crippen molar-refractivity contribution in [2.75, 3.05) is 18.4 Å². The molecule has 100 valence electrons. The molecule has 0 amide bonds. The van der Waals surface area contributed by atoms with E-state index in [9.17, 15) is 0 Å². The number of aromatic nitrogens is 2. The molecule has 2 unspecified atom stereocenters. The van der Waals surface area contributed by atoms with Crippen LogP contribution in [0.15, 0.2) is 0 Å². The van der Waals surface area contributed by atoms with Crippen LogP contribution >= 0.6 is 0 Å². The Morgan fingerprint density at radius 3 is 2.83 bits per heavy atom. The van der Waals surface area contributed by atoms with Gasteiger partial charge in [0.2, 0.25) is 0 Å². The van der Waals surface area contributed by atoms with Crippen molar-refractivity contribution in [2.24, 2.45) is 13.0 Å². The fourth-order valence-electron chi connectivity index (χ4n) is 3.70. The van der Waals surface area contributed by atoms with Gasteiger partial charge in [0.1, 0.15) is 5.82 Å². The Kier molecular flexibility index (Phi) is 3.06. The van der Waals surface area contributed by atoms with E-state index in [4.69, 9.17) is 0 Å². The molecule has 0 aromatic carbocycles. The number of hydrogen-bond acceptors (Lipinski definition) is 3. The summed E-state index contributed by atoms with van der Waals surface area (Å²) in [5, 5.41) is 8.02. The Hall–Kier alpha value is -1.03. The first-order valence-corrected chi connectivity index (χ1v) is 7.19. The largest absolute Gasteiger partial charge is 0.370 e. The fourth-order valence-corrected chi connectivity index (χ4v) is 3.70. The molecule has 3 rings (SSSR count). The summed E-state index contributed by atoms with van der Waals surface area (Å²) in [7, 11) is 2.03. The van der Waals surface area contributed by atoms with Gasteiger partial charge >= 0.3 is 0 Å². The lowest BCUT2D eigenvalue weighted by Gasteiger charge is -2.27. The van der Waals surface area contributed by atoms with E-state index in [1.807, 2.05) is 11.7 Å². The summed E-state index contributed by atoms with van der Waals surface area (Å²) in [6.07, 6.45) is 4.28. The summed E-state index contributed by atoms with van der Waals surface area (Å²) < 4.78 is 1.99. The first-order valence-electron chi connectivity index (χ1n) is 7.19. The third kappa shape index (κ3) is 1.92. The van der Waals surface area contributed by atoms with Gasteiger partial charge in [-0.1, -0.05) is 0 Å². The molecule has 1 aliphatic carbocycles. The van der Waals surface area contributed by atoms with Crippen LogP contribution < -0.4 is 5.32 Å². The third-order valence-electron chi connectivity index (χ3n) is 4.57. The number of hydrogen-bond donors (Lipinski definition) is 1. The highest BCUT2D eigenvalue weighted by Crippen LogP contribution is 2.38. The molecule has 1 aromatic heterocycles. The smallest absolute Gasteiger partial charge is 0.128 e. The summed E-state index contributed by atoms with van der Waals surface area (Å²) in [5.41, 5.74) is 2.57. The highest BCUT2D eigenvalue weighted by Gasteiger charge is 2.38. The lowest BCUT2D eigenvalue weighted by molar-refractivity contribution is 0.205. The van der Waals surface area contributed by atoms with E-state index in [2.05, 4.69) is 29.2 Å². The molecule has 0 radical (unpaired) electrons. The maximum atomic E-state index is 4.56. The monoisotopic (exact) mass is 248 g/mol. The Bertz CT molecular complexity index is 437. The van der Waals surface area contributed by atoms with Crippen LogP contribution in [-0.2, 0) is 13.6 Å². The van der Waals surface area contributed by atoms with Crippen LogP contribution in [0.3, 0.4) is 0 Å². The first kappa shape index (κ1) is 12.0. The van der Waals surface area contributed by atoms with Gasteiger partial charge in [0.15, 0.2) is 0 Å². The lowest BCUT2D eigenvalue weighted by atomic mass is 10.1. The second-order valence-electron chi connectivity index (χ2n) is 5.83. The van der Waals surface area contributed by atoms with E-state index >= 15 is 0 Å². The van der Waals surface area contributed by atoms with Gasteiger partial charge in [-0.05, 0) is 39.0 Å².